The summed E-state index contributed by atoms with van der Waals surface area (Å²) in [5.74, 6) is -1.07. The van der Waals surface area contributed by atoms with E-state index in [1.165, 1.54) is 17.2 Å². The summed E-state index contributed by atoms with van der Waals surface area (Å²) in [7, 11) is 0. The summed E-state index contributed by atoms with van der Waals surface area (Å²) in [6.07, 6.45) is 1.22. The van der Waals surface area contributed by atoms with E-state index >= 15 is 0 Å². The van der Waals surface area contributed by atoms with Crippen LogP contribution >= 0.6 is 11.6 Å². The van der Waals surface area contributed by atoms with E-state index in [-0.39, 0.29) is 16.8 Å². The first kappa shape index (κ1) is 19.4. The van der Waals surface area contributed by atoms with Crippen LogP contribution in [-0.2, 0) is 4.79 Å². The molecule has 0 spiro atoms. The zero-order chi connectivity index (χ0) is 21.4. The molecule has 3 aromatic rings. The number of aromatic amines is 1. The van der Waals surface area contributed by atoms with Crippen LogP contribution in [0.2, 0.25) is 5.02 Å². The first-order chi connectivity index (χ1) is 14.4. The number of benzene rings is 2. The Labute approximate surface area is 175 Å². The molecule has 2 heterocycles. The third-order valence-corrected chi connectivity index (χ3v) is 4.77. The summed E-state index contributed by atoms with van der Waals surface area (Å²) in [5, 5.41) is 16.5. The summed E-state index contributed by atoms with van der Waals surface area (Å²) < 4.78 is 0.903. The first-order valence-corrected chi connectivity index (χ1v) is 9.25. The van der Waals surface area contributed by atoms with Gasteiger partial charge in [-0.15, -0.1) is 0 Å². The molecule has 0 bridgehead atoms. The van der Waals surface area contributed by atoms with Gasteiger partial charge in [0.05, 0.1) is 22.7 Å². The van der Waals surface area contributed by atoms with Gasteiger partial charge in [-0.05, 0) is 43.3 Å². The number of hydrazone groups is 1. The zero-order valence-corrected chi connectivity index (χ0v) is 16.4. The SMILES string of the molecule is CC1=NN(c2ccccc2)C(=O)/C1=C/c1c(O)n(-c2cccc(Cl)c2)c(=O)[nH]c1=O. The Morgan fingerprint density at radius 2 is 1.73 bits per heavy atom. The highest BCUT2D eigenvalue weighted by Gasteiger charge is 2.29. The van der Waals surface area contributed by atoms with Crippen molar-refractivity contribution in [2.45, 2.75) is 6.92 Å². The number of para-hydroxylation sites is 1. The highest BCUT2D eigenvalue weighted by atomic mass is 35.5. The average Bonchev–Trinajstić information content (AvgIpc) is 2.99. The molecule has 0 saturated carbocycles. The molecule has 9 heteroatoms. The minimum absolute atomic E-state index is 0.121. The lowest BCUT2D eigenvalue weighted by Gasteiger charge is -2.12. The van der Waals surface area contributed by atoms with E-state index in [1.807, 2.05) is 6.07 Å². The van der Waals surface area contributed by atoms with Crippen molar-refractivity contribution in [1.82, 2.24) is 9.55 Å². The quantitative estimate of drug-likeness (QED) is 0.632. The molecule has 1 amide bonds. The maximum Gasteiger partial charge on any atom is 0.335 e. The monoisotopic (exact) mass is 422 g/mol. The van der Waals surface area contributed by atoms with E-state index in [2.05, 4.69) is 10.1 Å². The van der Waals surface area contributed by atoms with Crippen LogP contribution in [0.1, 0.15) is 12.5 Å². The molecule has 1 aliphatic heterocycles. The van der Waals surface area contributed by atoms with Crippen LogP contribution in [0.3, 0.4) is 0 Å². The Hall–Kier alpha value is -3.91. The number of carbonyl (C=O) groups is 1. The molecule has 2 N–H and O–H groups in total. The number of rotatable bonds is 3. The third kappa shape index (κ3) is 3.33. The van der Waals surface area contributed by atoms with Crippen LogP contribution < -0.4 is 16.3 Å². The van der Waals surface area contributed by atoms with Gasteiger partial charge in [0, 0.05) is 5.02 Å². The number of hydrogen-bond acceptors (Lipinski definition) is 5. The first-order valence-electron chi connectivity index (χ1n) is 8.88. The smallest absolute Gasteiger partial charge is 0.335 e. The molecule has 0 radical (unpaired) electrons. The summed E-state index contributed by atoms with van der Waals surface area (Å²) in [4.78, 5) is 39.7. The van der Waals surface area contributed by atoms with Crippen LogP contribution in [0.4, 0.5) is 5.69 Å². The number of hydrogen-bond donors (Lipinski definition) is 2. The number of carbonyl (C=O) groups excluding carboxylic acids is 1. The van der Waals surface area contributed by atoms with Gasteiger partial charge in [-0.2, -0.15) is 10.1 Å². The Morgan fingerprint density at radius 1 is 1.03 bits per heavy atom. The minimum Gasteiger partial charge on any atom is -0.494 e. The maximum absolute atomic E-state index is 12.9. The average molecular weight is 423 g/mol. The molecule has 2 aromatic carbocycles. The molecular formula is C21H15ClN4O4. The van der Waals surface area contributed by atoms with E-state index in [1.54, 1.807) is 49.4 Å². The van der Waals surface area contributed by atoms with Crippen LogP contribution in [0, 0.1) is 0 Å². The van der Waals surface area contributed by atoms with Gasteiger partial charge < -0.3 is 5.11 Å². The topological polar surface area (TPSA) is 108 Å². The number of halogens is 1. The molecular weight excluding hydrogens is 408 g/mol. The number of nitrogens with zero attached hydrogens (tertiary/aromatic N) is 3. The molecule has 30 heavy (non-hydrogen) atoms. The Morgan fingerprint density at radius 3 is 2.43 bits per heavy atom. The second kappa shape index (κ2) is 7.49. The van der Waals surface area contributed by atoms with Crippen molar-refractivity contribution in [3.8, 4) is 11.6 Å². The fraction of sp³-hybridized carbons (Fsp3) is 0.0476. The Kier molecular flexibility index (Phi) is 4.85. The van der Waals surface area contributed by atoms with Crippen molar-refractivity contribution in [3.63, 3.8) is 0 Å². The highest BCUT2D eigenvalue weighted by molar-refractivity contribution is 6.32. The number of H-pyrrole nitrogens is 1. The van der Waals surface area contributed by atoms with Gasteiger partial charge >= 0.3 is 5.69 Å². The third-order valence-electron chi connectivity index (χ3n) is 4.54. The standard InChI is InChI=1S/C21H15ClN4O4/c1-12-16(20(29)26(24-12)14-7-3-2-4-8-14)11-17-18(27)23-21(30)25(19(17)28)15-9-5-6-13(22)10-15/h2-11,28H,1H3,(H,23,27,30)/b16-11+. The molecule has 8 nitrogen and oxygen atoms in total. The van der Waals surface area contributed by atoms with E-state index in [0.29, 0.717) is 16.4 Å². The van der Waals surface area contributed by atoms with Gasteiger partial charge in [-0.3, -0.25) is 14.6 Å². The van der Waals surface area contributed by atoms with E-state index < -0.39 is 23.0 Å². The van der Waals surface area contributed by atoms with Crippen molar-refractivity contribution in [2.24, 2.45) is 5.10 Å². The fourth-order valence-corrected chi connectivity index (χ4v) is 3.28. The summed E-state index contributed by atoms with van der Waals surface area (Å²) >= 11 is 5.97. The minimum atomic E-state index is -0.837. The molecule has 0 fully saturated rings. The Balaban J connectivity index is 1.84. The largest absolute Gasteiger partial charge is 0.494 e. The molecule has 4 rings (SSSR count). The number of aromatic hydroxyl groups is 1. The van der Waals surface area contributed by atoms with Crippen molar-refractivity contribution in [2.75, 3.05) is 5.01 Å². The Bertz CT molecular complexity index is 1340. The van der Waals surface area contributed by atoms with E-state index in [9.17, 15) is 19.5 Å². The summed E-state index contributed by atoms with van der Waals surface area (Å²) in [5.41, 5.74) is -0.610. The van der Waals surface area contributed by atoms with Crippen LogP contribution in [0.15, 0.2) is 74.9 Å². The second-order valence-corrected chi connectivity index (χ2v) is 6.94. The number of aromatic nitrogens is 2. The molecule has 0 aliphatic carbocycles. The van der Waals surface area contributed by atoms with Crippen LogP contribution in [0.25, 0.3) is 11.8 Å². The fourth-order valence-electron chi connectivity index (χ4n) is 3.10. The molecule has 150 valence electrons. The number of anilines is 1. The van der Waals surface area contributed by atoms with Gasteiger partial charge in [-0.1, -0.05) is 35.9 Å². The summed E-state index contributed by atoms with van der Waals surface area (Å²) in [6.45, 7) is 1.62. The van der Waals surface area contributed by atoms with E-state index in [0.717, 1.165) is 4.57 Å². The number of nitrogens with one attached hydrogen (secondary N) is 1. The predicted molar refractivity (Wildman–Crippen MR) is 114 cm³/mol. The second-order valence-electron chi connectivity index (χ2n) is 6.51. The van der Waals surface area contributed by atoms with Crippen LogP contribution in [-0.4, -0.2) is 26.3 Å². The maximum atomic E-state index is 12.9. The van der Waals surface area contributed by atoms with Gasteiger partial charge in [0.15, 0.2) is 0 Å². The lowest BCUT2D eigenvalue weighted by molar-refractivity contribution is -0.114. The van der Waals surface area contributed by atoms with Gasteiger partial charge in [-0.25, -0.2) is 9.36 Å². The van der Waals surface area contributed by atoms with Crippen molar-refractivity contribution in [3.05, 3.63) is 91.6 Å². The zero-order valence-electron chi connectivity index (χ0n) is 15.7. The molecule has 1 aromatic heterocycles. The predicted octanol–water partition coefficient (Wildman–Crippen LogP) is 2.69. The lowest BCUT2D eigenvalue weighted by atomic mass is 10.1. The number of amides is 1. The van der Waals surface area contributed by atoms with Crippen molar-refractivity contribution < 1.29 is 9.90 Å². The molecule has 0 unspecified atom stereocenters. The van der Waals surface area contributed by atoms with Crippen molar-refractivity contribution >= 4 is 35.0 Å². The molecule has 1 aliphatic rings. The van der Waals surface area contributed by atoms with E-state index in [4.69, 9.17) is 11.6 Å². The van der Waals surface area contributed by atoms with Gasteiger partial charge in [0.2, 0.25) is 5.88 Å². The highest BCUT2D eigenvalue weighted by Crippen LogP contribution is 2.26. The normalized spacial score (nSPS) is 15.0. The van der Waals surface area contributed by atoms with Gasteiger partial charge in [0.25, 0.3) is 11.5 Å². The molecule has 0 atom stereocenters. The van der Waals surface area contributed by atoms with Crippen molar-refractivity contribution in [1.29, 1.82) is 0 Å². The lowest BCUT2D eigenvalue weighted by Crippen LogP contribution is -2.30. The summed E-state index contributed by atoms with van der Waals surface area (Å²) in [6, 6.07) is 15.0. The molecule has 0 saturated heterocycles. The van der Waals surface area contributed by atoms with Crippen LogP contribution in [0.5, 0.6) is 5.88 Å². The van der Waals surface area contributed by atoms with Gasteiger partial charge in [0.1, 0.15) is 5.56 Å².